The molecule has 1 aliphatic rings. The van der Waals surface area contributed by atoms with E-state index in [2.05, 4.69) is 18.7 Å². The van der Waals surface area contributed by atoms with Gasteiger partial charge in [-0.3, -0.25) is 0 Å². The zero-order valence-corrected chi connectivity index (χ0v) is 9.87. The fourth-order valence-corrected chi connectivity index (χ4v) is 2.28. The van der Waals surface area contributed by atoms with Crippen LogP contribution in [-0.2, 0) is 0 Å². The van der Waals surface area contributed by atoms with E-state index < -0.39 is 0 Å². The third kappa shape index (κ3) is 3.97. The molecule has 0 aromatic rings. The molecule has 3 unspecified atom stereocenters. The van der Waals surface area contributed by atoms with Crippen molar-refractivity contribution >= 4 is 0 Å². The molecule has 0 spiro atoms. The lowest BCUT2D eigenvalue weighted by atomic mass is 9.95. The Morgan fingerprint density at radius 3 is 2.71 bits per heavy atom. The Bertz CT molecular complexity index is 158. The first-order chi connectivity index (χ1) is 6.59. The predicted octanol–water partition coefficient (Wildman–Crippen LogP) is 2.27. The van der Waals surface area contributed by atoms with Crippen molar-refractivity contribution in [3.05, 3.63) is 0 Å². The molecule has 0 aromatic heterocycles. The van der Waals surface area contributed by atoms with Crippen LogP contribution >= 0.6 is 0 Å². The molecule has 0 saturated carbocycles. The lowest BCUT2D eigenvalue weighted by Crippen LogP contribution is -2.41. The first kappa shape index (κ1) is 12.0. The summed E-state index contributed by atoms with van der Waals surface area (Å²) in [7, 11) is 0. The third-order valence-electron chi connectivity index (χ3n) is 3.31. The van der Waals surface area contributed by atoms with Crippen LogP contribution in [-0.4, -0.2) is 35.2 Å². The molecule has 1 saturated heterocycles. The molecule has 1 rings (SSSR count). The van der Waals surface area contributed by atoms with Crippen LogP contribution in [0.2, 0.25) is 0 Å². The van der Waals surface area contributed by atoms with Crippen molar-refractivity contribution in [2.75, 3.05) is 13.1 Å². The van der Waals surface area contributed by atoms with Crippen molar-refractivity contribution < 1.29 is 5.11 Å². The van der Waals surface area contributed by atoms with Gasteiger partial charge in [-0.25, -0.2) is 0 Å². The summed E-state index contributed by atoms with van der Waals surface area (Å²) in [5.74, 6) is 0.859. The molecule has 14 heavy (non-hydrogen) atoms. The number of piperidine rings is 1. The summed E-state index contributed by atoms with van der Waals surface area (Å²) >= 11 is 0. The summed E-state index contributed by atoms with van der Waals surface area (Å²) in [6.45, 7) is 8.96. The van der Waals surface area contributed by atoms with Gasteiger partial charge in [0.2, 0.25) is 0 Å². The molecule has 2 heteroatoms. The van der Waals surface area contributed by atoms with E-state index in [0.29, 0.717) is 0 Å². The topological polar surface area (TPSA) is 23.5 Å². The van der Waals surface area contributed by atoms with Crippen LogP contribution in [0, 0.1) is 5.92 Å². The van der Waals surface area contributed by atoms with E-state index in [4.69, 9.17) is 0 Å². The van der Waals surface area contributed by atoms with Crippen LogP contribution < -0.4 is 0 Å². The minimum atomic E-state index is -0.132. The number of aliphatic hydroxyl groups excluding tert-OH is 1. The maximum Gasteiger partial charge on any atom is 0.0512 e. The van der Waals surface area contributed by atoms with Gasteiger partial charge >= 0.3 is 0 Å². The molecule has 1 aliphatic heterocycles. The lowest BCUT2D eigenvalue weighted by molar-refractivity contribution is 0.112. The first-order valence-corrected chi connectivity index (χ1v) is 6.01. The molecule has 0 aliphatic carbocycles. The van der Waals surface area contributed by atoms with Crippen LogP contribution in [0.4, 0.5) is 0 Å². The van der Waals surface area contributed by atoms with Gasteiger partial charge < -0.3 is 10.0 Å². The summed E-state index contributed by atoms with van der Waals surface area (Å²) < 4.78 is 0. The van der Waals surface area contributed by atoms with Gasteiger partial charge in [0.25, 0.3) is 0 Å². The second-order valence-electron chi connectivity index (χ2n) is 5.02. The van der Waals surface area contributed by atoms with Crippen molar-refractivity contribution in [2.24, 2.45) is 5.92 Å². The Labute approximate surface area is 88.3 Å². The summed E-state index contributed by atoms with van der Waals surface area (Å²) in [4.78, 5) is 2.58. The van der Waals surface area contributed by atoms with Crippen molar-refractivity contribution in [3.8, 4) is 0 Å². The van der Waals surface area contributed by atoms with Crippen LogP contribution in [0.15, 0.2) is 0 Å². The van der Waals surface area contributed by atoms with E-state index in [1.165, 1.54) is 19.4 Å². The fourth-order valence-electron chi connectivity index (χ4n) is 2.28. The Balaban J connectivity index is 2.20. The van der Waals surface area contributed by atoms with Gasteiger partial charge in [0.05, 0.1) is 6.10 Å². The van der Waals surface area contributed by atoms with Crippen molar-refractivity contribution in [2.45, 2.75) is 58.6 Å². The van der Waals surface area contributed by atoms with Crippen LogP contribution in [0.3, 0.4) is 0 Å². The maximum atomic E-state index is 9.18. The molecule has 0 aromatic carbocycles. The van der Waals surface area contributed by atoms with Crippen LogP contribution in [0.5, 0.6) is 0 Å². The standard InChI is InChI=1S/C12H25NO/c1-10-6-7-11(2)13(9-10)8-4-5-12(3)14/h10-12,14H,4-9H2,1-3H3. The van der Waals surface area contributed by atoms with E-state index in [0.717, 1.165) is 31.3 Å². The molecule has 1 heterocycles. The second-order valence-corrected chi connectivity index (χ2v) is 5.02. The summed E-state index contributed by atoms with van der Waals surface area (Å²) in [6, 6.07) is 0.750. The largest absolute Gasteiger partial charge is 0.393 e. The van der Waals surface area contributed by atoms with E-state index in [1.807, 2.05) is 6.92 Å². The van der Waals surface area contributed by atoms with Crippen molar-refractivity contribution in [3.63, 3.8) is 0 Å². The van der Waals surface area contributed by atoms with Gasteiger partial charge in [-0.15, -0.1) is 0 Å². The number of hydrogen-bond donors (Lipinski definition) is 1. The summed E-state index contributed by atoms with van der Waals surface area (Å²) in [6.07, 6.45) is 4.67. The molecule has 3 atom stereocenters. The minimum absolute atomic E-state index is 0.132. The molecule has 2 nitrogen and oxygen atoms in total. The normalized spacial score (nSPS) is 31.7. The monoisotopic (exact) mass is 199 g/mol. The summed E-state index contributed by atoms with van der Waals surface area (Å²) in [5, 5.41) is 9.18. The zero-order chi connectivity index (χ0) is 10.6. The molecular formula is C12H25NO. The molecule has 1 fully saturated rings. The molecule has 1 N–H and O–H groups in total. The SMILES string of the molecule is CC(O)CCCN1CC(C)CCC1C. The molecule has 0 bridgehead atoms. The van der Waals surface area contributed by atoms with Gasteiger partial charge in [-0.1, -0.05) is 6.92 Å². The van der Waals surface area contributed by atoms with E-state index in [9.17, 15) is 5.11 Å². The van der Waals surface area contributed by atoms with Gasteiger partial charge in [0.15, 0.2) is 0 Å². The highest BCUT2D eigenvalue weighted by Crippen LogP contribution is 2.21. The van der Waals surface area contributed by atoms with Crippen LogP contribution in [0.1, 0.15) is 46.5 Å². The Morgan fingerprint density at radius 1 is 1.36 bits per heavy atom. The number of likely N-dealkylation sites (tertiary alicyclic amines) is 1. The highest BCUT2D eigenvalue weighted by atomic mass is 16.3. The maximum absolute atomic E-state index is 9.18. The average Bonchev–Trinajstić information content (AvgIpc) is 2.10. The Hall–Kier alpha value is -0.0800. The summed E-state index contributed by atoms with van der Waals surface area (Å²) in [5.41, 5.74) is 0. The van der Waals surface area contributed by atoms with Gasteiger partial charge in [0.1, 0.15) is 0 Å². The fraction of sp³-hybridized carbons (Fsp3) is 1.00. The first-order valence-electron chi connectivity index (χ1n) is 6.01. The average molecular weight is 199 g/mol. The van der Waals surface area contributed by atoms with Crippen LogP contribution in [0.25, 0.3) is 0 Å². The smallest absolute Gasteiger partial charge is 0.0512 e. The third-order valence-corrected chi connectivity index (χ3v) is 3.31. The van der Waals surface area contributed by atoms with Gasteiger partial charge in [-0.2, -0.15) is 0 Å². The number of rotatable bonds is 4. The van der Waals surface area contributed by atoms with Crippen molar-refractivity contribution in [1.82, 2.24) is 4.90 Å². The number of hydrogen-bond acceptors (Lipinski definition) is 2. The Kier molecular flexibility index (Phi) is 4.90. The quantitative estimate of drug-likeness (QED) is 0.751. The Morgan fingerprint density at radius 2 is 2.07 bits per heavy atom. The molecule has 0 amide bonds. The van der Waals surface area contributed by atoms with Crippen molar-refractivity contribution in [1.29, 1.82) is 0 Å². The molecule has 84 valence electrons. The highest BCUT2D eigenvalue weighted by molar-refractivity contribution is 4.76. The van der Waals surface area contributed by atoms with E-state index in [1.54, 1.807) is 0 Å². The van der Waals surface area contributed by atoms with Gasteiger partial charge in [0, 0.05) is 12.6 Å². The second kappa shape index (κ2) is 5.72. The molecular weight excluding hydrogens is 174 g/mol. The zero-order valence-electron chi connectivity index (χ0n) is 9.87. The lowest BCUT2D eigenvalue weighted by Gasteiger charge is -2.36. The number of nitrogens with zero attached hydrogens (tertiary/aromatic N) is 1. The predicted molar refractivity (Wildman–Crippen MR) is 60.3 cm³/mol. The van der Waals surface area contributed by atoms with Gasteiger partial charge in [-0.05, 0) is 52.0 Å². The molecule has 0 radical (unpaired) electrons. The van der Waals surface area contributed by atoms with E-state index in [-0.39, 0.29) is 6.10 Å². The minimum Gasteiger partial charge on any atom is -0.393 e. The number of aliphatic hydroxyl groups is 1. The van der Waals surface area contributed by atoms with E-state index >= 15 is 0 Å². The highest BCUT2D eigenvalue weighted by Gasteiger charge is 2.21.